The molecule has 1 aromatic heterocycles. The fourth-order valence-electron chi connectivity index (χ4n) is 2.16. The van der Waals surface area contributed by atoms with Gasteiger partial charge < -0.3 is 10.1 Å². The van der Waals surface area contributed by atoms with E-state index in [4.69, 9.17) is 4.74 Å². The highest BCUT2D eigenvalue weighted by Crippen LogP contribution is 2.21. The summed E-state index contributed by atoms with van der Waals surface area (Å²) in [6, 6.07) is 9.18. The number of pyridine rings is 1. The molecule has 0 fully saturated rings. The van der Waals surface area contributed by atoms with Gasteiger partial charge in [-0.15, -0.1) is 0 Å². The van der Waals surface area contributed by atoms with Crippen molar-refractivity contribution in [2.45, 2.75) is 19.4 Å². The monoisotopic (exact) mass is 274 g/mol. The minimum atomic E-state index is -0.172. The molecule has 20 heavy (non-hydrogen) atoms. The molecule has 0 aliphatic heterocycles. The van der Waals surface area contributed by atoms with Gasteiger partial charge in [-0.2, -0.15) is 0 Å². The van der Waals surface area contributed by atoms with Crippen LogP contribution in [-0.4, -0.2) is 19.1 Å². The first-order valence-corrected chi connectivity index (χ1v) is 6.56. The molecule has 0 aliphatic rings. The molecule has 1 heterocycles. The van der Waals surface area contributed by atoms with Crippen LogP contribution in [0, 0.1) is 12.7 Å². The normalized spacial score (nSPS) is 12.2. The van der Waals surface area contributed by atoms with E-state index in [1.165, 1.54) is 6.07 Å². The summed E-state index contributed by atoms with van der Waals surface area (Å²) in [6.45, 7) is 1.78. The second-order valence-corrected chi connectivity index (χ2v) is 4.76. The van der Waals surface area contributed by atoms with Gasteiger partial charge in [0.2, 0.25) is 5.88 Å². The highest BCUT2D eigenvalue weighted by molar-refractivity contribution is 5.28. The Kier molecular flexibility index (Phi) is 4.69. The zero-order valence-electron chi connectivity index (χ0n) is 12.0. The van der Waals surface area contributed by atoms with Crippen LogP contribution in [0.5, 0.6) is 5.88 Å². The first-order valence-electron chi connectivity index (χ1n) is 6.56. The quantitative estimate of drug-likeness (QED) is 0.910. The summed E-state index contributed by atoms with van der Waals surface area (Å²) < 4.78 is 18.4. The zero-order valence-corrected chi connectivity index (χ0v) is 12.0. The van der Waals surface area contributed by atoms with Gasteiger partial charge in [-0.05, 0) is 43.1 Å². The van der Waals surface area contributed by atoms with E-state index in [1.54, 1.807) is 20.2 Å². The summed E-state index contributed by atoms with van der Waals surface area (Å²) in [7, 11) is 3.50. The molecule has 2 rings (SSSR count). The largest absolute Gasteiger partial charge is 0.481 e. The van der Waals surface area contributed by atoms with E-state index < -0.39 is 0 Å². The molecule has 1 unspecified atom stereocenters. The SMILES string of the molecule is CNC(Cc1ccc(OC)nc1)c1ccc(F)c(C)c1. The Balaban J connectivity index is 2.16. The summed E-state index contributed by atoms with van der Waals surface area (Å²) in [5, 5.41) is 3.26. The lowest BCUT2D eigenvalue weighted by atomic mass is 9.98. The van der Waals surface area contributed by atoms with E-state index in [0.29, 0.717) is 11.4 Å². The van der Waals surface area contributed by atoms with E-state index in [2.05, 4.69) is 10.3 Å². The van der Waals surface area contributed by atoms with Crippen LogP contribution in [0.15, 0.2) is 36.5 Å². The zero-order chi connectivity index (χ0) is 14.5. The molecule has 1 N–H and O–H groups in total. The maximum atomic E-state index is 13.3. The van der Waals surface area contributed by atoms with E-state index in [1.807, 2.05) is 31.3 Å². The number of rotatable bonds is 5. The molecule has 0 saturated heterocycles. The fraction of sp³-hybridized carbons (Fsp3) is 0.312. The van der Waals surface area contributed by atoms with Crippen LogP contribution in [0.2, 0.25) is 0 Å². The van der Waals surface area contributed by atoms with Gasteiger partial charge in [0.05, 0.1) is 7.11 Å². The second kappa shape index (κ2) is 6.48. The van der Waals surface area contributed by atoms with Crippen molar-refractivity contribution in [3.63, 3.8) is 0 Å². The number of methoxy groups -OCH3 is 1. The number of nitrogens with one attached hydrogen (secondary N) is 1. The van der Waals surface area contributed by atoms with Gasteiger partial charge >= 0.3 is 0 Å². The molecular weight excluding hydrogens is 255 g/mol. The number of hydrogen-bond acceptors (Lipinski definition) is 3. The van der Waals surface area contributed by atoms with Crippen LogP contribution in [0.3, 0.4) is 0 Å². The van der Waals surface area contributed by atoms with Crippen LogP contribution in [0.25, 0.3) is 0 Å². The van der Waals surface area contributed by atoms with Crippen LogP contribution in [-0.2, 0) is 6.42 Å². The molecule has 1 aromatic carbocycles. The number of likely N-dealkylation sites (N-methyl/N-ethyl adjacent to an activating group) is 1. The third-order valence-electron chi connectivity index (χ3n) is 3.38. The van der Waals surface area contributed by atoms with Crippen molar-refractivity contribution in [3.8, 4) is 5.88 Å². The molecule has 4 heteroatoms. The Hall–Kier alpha value is -1.94. The Morgan fingerprint density at radius 1 is 1.30 bits per heavy atom. The van der Waals surface area contributed by atoms with Crippen molar-refractivity contribution in [1.29, 1.82) is 0 Å². The van der Waals surface area contributed by atoms with E-state index in [9.17, 15) is 4.39 Å². The second-order valence-electron chi connectivity index (χ2n) is 4.76. The molecule has 3 nitrogen and oxygen atoms in total. The number of ether oxygens (including phenoxy) is 1. The lowest BCUT2D eigenvalue weighted by Crippen LogP contribution is -2.19. The van der Waals surface area contributed by atoms with Crippen LogP contribution >= 0.6 is 0 Å². The van der Waals surface area contributed by atoms with Crippen LogP contribution in [0.1, 0.15) is 22.7 Å². The topological polar surface area (TPSA) is 34.1 Å². The number of halogens is 1. The standard InChI is InChI=1S/C16H19FN2O/c1-11-8-13(5-6-14(11)17)15(18-2)9-12-4-7-16(20-3)19-10-12/h4-8,10,15,18H,9H2,1-3H3. The number of benzene rings is 1. The highest BCUT2D eigenvalue weighted by atomic mass is 19.1. The number of aromatic nitrogens is 1. The van der Waals surface area contributed by atoms with Gasteiger partial charge in [-0.25, -0.2) is 9.37 Å². The summed E-state index contributed by atoms with van der Waals surface area (Å²) >= 11 is 0. The Morgan fingerprint density at radius 2 is 2.10 bits per heavy atom. The van der Waals surface area contributed by atoms with E-state index in [0.717, 1.165) is 17.5 Å². The lowest BCUT2D eigenvalue weighted by Gasteiger charge is -2.17. The summed E-state index contributed by atoms with van der Waals surface area (Å²) in [4.78, 5) is 4.20. The van der Waals surface area contributed by atoms with Crippen LogP contribution in [0.4, 0.5) is 4.39 Å². The Morgan fingerprint density at radius 3 is 2.65 bits per heavy atom. The maximum Gasteiger partial charge on any atom is 0.212 e. The third-order valence-corrected chi connectivity index (χ3v) is 3.38. The average Bonchev–Trinajstić information content (AvgIpc) is 2.48. The maximum absolute atomic E-state index is 13.3. The van der Waals surface area contributed by atoms with Gasteiger partial charge in [-0.1, -0.05) is 18.2 Å². The minimum Gasteiger partial charge on any atom is -0.481 e. The molecule has 0 aliphatic carbocycles. The van der Waals surface area contributed by atoms with E-state index >= 15 is 0 Å². The number of aryl methyl sites for hydroxylation is 1. The number of nitrogens with zero attached hydrogens (tertiary/aromatic N) is 1. The van der Waals surface area contributed by atoms with Crippen molar-refractivity contribution in [1.82, 2.24) is 10.3 Å². The third kappa shape index (κ3) is 3.33. The van der Waals surface area contributed by atoms with Crippen molar-refractivity contribution in [2.75, 3.05) is 14.2 Å². The average molecular weight is 274 g/mol. The molecule has 0 spiro atoms. The highest BCUT2D eigenvalue weighted by Gasteiger charge is 2.12. The molecule has 0 amide bonds. The molecule has 2 aromatic rings. The van der Waals surface area contributed by atoms with Crippen LogP contribution < -0.4 is 10.1 Å². The Bertz CT molecular complexity index is 569. The van der Waals surface area contributed by atoms with Gasteiger partial charge in [0.25, 0.3) is 0 Å². The molecule has 1 atom stereocenters. The predicted molar refractivity (Wildman–Crippen MR) is 77.4 cm³/mol. The van der Waals surface area contributed by atoms with Gasteiger partial charge in [0.15, 0.2) is 0 Å². The van der Waals surface area contributed by atoms with Crippen molar-refractivity contribution >= 4 is 0 Å². The lowest BCUT2D eigenvalue weighted by molar-refractivity contribution is 0.397. The molecule has 0 radical (unpaired) electrons. The Labute approximate surface area is 118 Å². The molecule has 0 saturated carbocycles. The summed E-state index contributed by atoms with van der Waals surface area (Å²) in [5.74, 6) is 0.433. The molecule has 0 bridgehead atoms. The predicted octanol–water partition coefficient (Wildman–Crippen LogP) is 3.04. The number of hydrogen-bond donors (Lipinski definition) is 1. The van der Waals surface area contributed by atoms with E-state index in [-0.39, 0.29) is 11.9 Å². The van der Waals surface area contributed by atoms with Crippen molar-refractivity contribution < 1.29 is 9.13 Å². The smallest absolute Gasteiger partial charge is 0.212 e. The van der Waals surface area contributed by atoms with Crippen molar-refractivity contribution in [3.05, 3.63) is 59.0 Å². The summed E-state index contributed by atoms with van der Waals surface area (Å²) in [5.41, 5.74) is 2.84. The van der Waals surface area contributed by atoms with Gasteiger partial charge in [-0.3, -0.25) is 0 Å². The van der Waals surface area contributed by atoms with Crippen molar-refractivity contribution in [2.24, 2.45) is 0 Å². The fourth-order valence-corrected chi connectivity index (χ4v) is 2.16. The minimum absolute atomic E-state index is 0.129. The molecule has 106 valence electrons. The van der Waals surface area contributed by atoms with Gasteiger partial charge in [0.1, 0.15) is 5.82 Å². The first-order chi connectivity index (χ1) is 9.63. The summed E-state index contributed by atoms with van der Waals surface area (Å²) in [6.07, 6.45) is 2.60. The first kappa shape index (κ1) is 14.5. The molecular formula is C16H19FN2O. The van der Waals surface area contributed by atoms with Gasteiger partial charge in [0, 0.05) is 18.3 Å².